The third-order valence-electron chi connectivity index (χ3n) is 5.27. The first-order valence-electron chi connectivity index (χ1n) is 6.59. The molecule has 4 fully saturated rings. The zero-order chi connectivity index (χ0) is 12.2. The molecule has 3 atom stereocenters. The highest BCUT2D eigenvalue weighted by atomic mass is 16.4. The van der Waals surface area contributed by atoms with E-state index in [1.54, 1.807) is 0 Å². The van der Waals surface area contributed by atoms with Crippen molar-refractivity contribution in [3.05, 3.63) is 12.2 Å². The normalized spacial score (nSPS) is 47.1. The zero-order valence-electron chi connectivity index (χ0n) is 10.1. The van der Waals surface area contributed by atoms with Crippen LogP contribution in [-0.4, -0.2) is 22.3 Å². The van der Waals surface area contributed by atoms with Gasteiger partial charge in [0.1, 0.15) is 0 Å². The Bertz CT molecular complexity index is 360. The number of carboxylic acid groups (broad SMARTS) is 1. The quantitative estimate of drug-likeness (QED) is 0.739. The fourth-order valence-electron chi connectivity index (χ4n) is 4.93. The van der Waals surface area contributed by atoms with Crippen LogP contribution in [-0.2, 0) is 4.79 Å². The van der Waals surface area contributed by atoms with Gasteiger partial charge in [0.05, 0.1) is 6.10 Å². The average Bonchev–Trinajstić information content (AvgIpc) is 2.24. The van der Waals surface area contributed by atoms with Crippen molar-refractivity contribution in [1.29, 1.82) is 0 Å². The Morgan fingerprint density at radius 3 is 2.35 bits per heavy atom. The molecule has 4 rings (SSSR count). The Morgan fingerprint density at radius 1 is 1.24 bits per heavy atom. The van der Waals surface area contributed by atoms with Crippen molar-refractivity contribution >= 4 is 5.97 Å². The Labute approximate surface area is 102 Å². The number of carbonyl (C=O) groups is 1. The standard InChI is InChI=1S/C14H20O3/c1-8(13(16)17)5-14-6-9-2-10(7-14)4-11(3-9)12(14)15/h9-12,15H,1-7H2,(H,16,17). The van der Waals surface area contributed by atoms with Crippen molar-refractivity contribution in [2.75, 3.05) is 0 Å². The van der Waals surface area contributed by atoms with E-state index in [1.165, 1.54) is 6.42 Å². The van der Waals surface area contributed by atoms with E-state index in [9.17, 15) is 9.90 Å². The summed E-state index contributed by atoms with van der Waals surface area (Å²) in [6.45, 7) is 3.65. The minimum absolute atomic E-state index is 0.162. The summed E-state index contributed by atoms with van der Waals surface area (Å²) in [6, 6.07) is 0. The monoisotopic (exact) mass is 236 g/mol. The van der Waals surface area contributed by atoms with E-state index in [0.29, 0.717) is 12.3 Å². The summed E-state index contributed by atoms with van der Waals surface area (Å²) in [5.74, 6) is 0.950. The van der Waals surface area contributed by atoms with Crippen molar-refractivity contribution in [2.45, 2.75) is 44.6 Å². The summed E-state index contributed by atoms with van der Waals surface area (Å²) >= 11 is 0. The zero-order valence-corrected chi connectivity index (χ0v) is 10.1. The molecule has 17 heavy (non-hydrogen) atoms. The number of aliphatic hydroxyl groups is 1. The molecule has 0 aromatic carbocycles. The summed E-state index contributed by atoms with van der Waals surface area (Å²) in [4.78, 5) is 10.9. The first-order valence-corrected chi connectivity index (χ1v) is 6.59. The van der Waals surface area contributed by atoms with E-state index in [0.717, 1.165) is 37.5 Å². The number of rotatable bonds is 3. The summed E-state index contributed by atoms with van der Waals surface area (Å²) in [6.07, 6.45) is 5.79. The first-order chi connectivity index (χ1) is 8.00. The van der Waals surface area contributed by atoms with Gasteiger partial charge in [0.2, 0.25) is 0 Å². The van der Waals surface area contributed by atoms with Crippen LogP contribution in [0.3, 0.4) is 0 Å². The van der Waals surface area contributed by atoms with E-state index >= 15 is 0 Å². The molecule has 4 aliphatic rings. The Morgan fingerprint density at radius 2 is 1.82 bits per heavy atom. The van der Waals surface area contributed by atoms with E-state index in [2.05, 4.69) is 6.58 Å². The van der Waals surface area contributed by atoms with E-state index in [1.807, 2.05) is 0 Å². The van der Waals surface area contributed by atoms with Gasteiger partial charge in [-0.2, -0.15) is 0 Å². The third kappa shape index (κ3) is 1.63. The Hall–Kier alpha value is -0.830. The van der Waals surface area contributed by atoms with Crippen LogP contribution >= 0.6 is 0 Å². The maximum absolute atomic E-state index is 10.9. The molecular formula is C14H20O3. The van der Waals surface area contributed by atoms with Crippen molar-refractivity contribution in [1.82, 2.24) is 0 Å². The number of aliphatic hydroxyl groups excluding tert-OH is 1. The molecule has 0 radical (unpaired) electrons. The minimum Gasteiger partial charge on any atom is -0.478 e. The summed E-state index contributed by atoms with van der Waals surface area (Å²) in [5.41, 5.74) is 0.107. The lowest BCUT2D eigenvalue weighted by Crippen LogP contribution is -2.56. The lowest BCUT2D eigenvalue weighted by molar-refractivity contribution is -0.157. The molecule has 0 amide bonds. The molecular weight excluding hydrogens is 216 g/mol. The van der Waals surface area contributed by atoms with Gasteiger partial charge in [-0.15, -0.1) is 0 Å². The first kappa shape index (κ1) is 11.3. The van der Waals surface area contributed by atoms with Crippen LogP contribution in [0.4, 0.5) is 0 Å². The van der Waals surface area contributed by atoms with Crippen LogP contribution in [0.15, 0.2) is 12.2 Å². The highest BCUT2D eigenvalue weighted by Crippen LogP contribution is 2.61. The minimum atomic E-state index is -0.909. The lowest BCUT2D eigenvalue weighted by atomic mass is 9.47. The number of hydrogen-bond donors (Lipinski definition) is 2. The maximum Gasteiger partial charge on any atom is 0.330 e. The van der Waals surface area contributed by atoms with Gasteiger partial charge in [-0.1, -0.05) is 6.58 Å². The average molecular weight is 236 g/mol. The molecule has 3 heteroatoms. The van der Waals surface area contributed by atoms with Crippen LogP contribution in [0.5, 0.6) is 0 Å². The van der Waals surface area contributed by atoms with Crippen molar-refractivity contribution in [3.8, 4) is 0 Å². The maximum atomic E-state index is 10.9. The summed E-state index contributed by atoms with van der Waals surface area (Å²) in [7, 11) is 0. The van der Waals surface area contributed by atoms with Crippen LogP contribution in [0, 0.1) is 23.2 Å². The number of carboxylic acids is 1. The van der Waals surface area contributed by atoms with Crippen LogP contribution < -0.4 is 0 Å². The lowest BCUT2D eigenvalue weighted by Gasteiger charge is -2.59. The molecule has 0 aromatic heterocycles. The Kier molecular flexibility index (Phi) is 2.37. The van der Waals surface area contributed by atoms with E-state index < -0.39 is 5.97 Å². The smallest absolute Gasteiger partial charge is 0.330 e. The molecule has 94 valence electrons. The SMILES string of the molecule is C=C(CC12CC3CC(CC(C3)C1O)C2)C(=O)O. The van der Waals surface area contributed by atoms with Gasteiger partial charge in [0, 0.05) is 11.0 Å². The van der Waals surface area contributed by atoms with Gasteiger partial charge in [-0.25, -0.2) is 4.79 Å². The molecule has 0 saturated heterocycles. The van der Waals surface area contributed by atoms with Gasteiger partial charge in [-0.05, 0) is 56.3 Å². The predicted octanol–water partition coefficient (Wildman–Crippen LogP) is 2.20. The molecule has 4 bridgehead atoms. The van der Waals surface area contributed by atoms with Gasteiger partial charge in [-0.3, -0.25) is 0 Å². The Balaban J connectivity index is 1.85. The van der Waals surface area contributed by atoms with Crippen LogP contribution in [0.1, 0.15) is 38.5 Å². The molecule has 3 unspecified atom stereocenters. The summed E-state index contributed by atoms with van der Waals surface area (Å²) in [5, 5.41) is 19.5. The molecule has 0 heterocycles. The second-order valence-corrected chi connectivity index (χ2v) is 6.50. The number of hydrogen-bond acceptors (Lipinski definition) is 2. The third-order valence-corrected chi connectivity index (χ3v) is 5.27. The van der Waals surface area contributed by atoms with Gasteiger partial charge in [0.15, 0.2) is 0 Å². The molecule has 0 spiro atoms. The predicted molar refractivity (Wildman–Crippen MR) is 63.4 cm³/mol. The van der Waals surface area contributed by atoms with Crippen molar-refractivity contribution in [2.24, 2.45) is 23.2 Å². The fourth-order valence-corrected chi connectivity index (χ4v) is 4.93. The molecule has 0 aliphatic heterocycles. The summed E-state index contributed by atoms with van der Waals surface area (Å²) < 4.78 is 0. The van der Waals surface area contributed by atoms with E-state index in [-0.39, 0.29) is 17.1 Å². The van der Waals surface area contributed by atoms with Crippen LogP contribution in [0.2, 0.25) is 0 Å². The van der Waals surface area contributed by atoms with Crippen LogP contribution in [0.25, 0.3) is 0 Å². The molecule has 2 N–H and O–H groups in total. The van der Waals surface area contributed by atoms with Gasteiger partial charge in [0.25, 0.3) is 0 Å². The van der Waals surface area contributed by atoms with E-state index in [4.69, 9.17) is 5.11 Å². The van der Waals surface area contributed by atoms with Gasteiger partial charge < -0.3 is 10.2 Å². The van der Waals surface area contributed by atoms with Crippen molar-refractivity contribution in [3.63, 3.8) is 0 Å². The molecule has 3 nitrogen and oxygen atoms in total. The van der Waals surface area contributed by atoms with Gasteiger partial charge >= 0.3 is 5.97 Å². The topological polar surface area (TPSA) is 57.5 Å². The second-order valence-electron chi connectivity index (χ2n) is 6.50. The fraction of sp³-hybridized carbons (Fsp3) is 0.786. The highest BCUT2D eigenvalue weighted by molar-refractivity contribution is 5.85. The van der Waals surface area contributed by atoms with Crippen molar-refractivity contribution < 1.29 is 15.0 Å². The highest BCUT2D eigenvalue weighted by Gasteiger charge is 2.56. The second kappa shape index (κ2) is 3.58. The molecule has 0 aromatic rings. The molecule has 4 aliphatic carbocycles. The molecule has 4 saturated carbocycles. The number of aliphatic carboxylic acids is 1. The largest absolute Gasteiger partial charge is 0.478 e.